The maximum atomic E-state index is 10.2. The highest BCUT2D eigenvalue weighted by molar-refractivity contribution is 9.06. The van der Waals surface area contributed by atoms with Gasteiger partial charge < -0.3 is 7.66 Å². The Morgan fingerprint density at radius 2 is 1.44 bits per heavy atom. The topological polar surface area (TPSA) is 52.6 Å². The molecule has 0 spiro atoms. The van der Waals surface area contributed by atoms with Crippen LogP contribution in [0.1, 0.15) is 6.42 Å². The highest BCUT2D eigenvalue weighted by Crippen LogP contribution is 1.96. The van der Waals surface area contributed by atoms with Crippen LogP contribution in [0, 0.1) is 0 Å². The second-order valence-corrected chi connectivity index (χ2v) is 1.72. The van der Waals surface area contributed by atoms with E-state index in [1.165, 1.54) is 0 Å². The monoisotopic (exact) mass is 260 g/mol. The molecule has 6 heteroatoms. The Morgan fingerprint density at radius 1 is 1.11 bits per heavy atom. The molecule has 0 aromatic heterocycles. The van der Waals surface area contributed by atoms with Crippen LogP contribution in [0.5, 0.6) is 0 Å². The molecule has 0 saturated heterocycles. The van der Waals surface area contributed by atoms with Crippen molar-refractivity contribution in [3.8, 4) is 0 Å². The lowest BCUT2D eigenvalue weighted by Gasteiger charge is -1.91. The lowest BCUT2D eigenvalue weighted by Crippen LogP contribution is -2.06. The Labute approximate surface area is 68.4 Å². The van der Waals surface area contributed by atoms with E-state index in [2.05, 4.69) is 40.2 Å². The second kappa shape index (κ2) is 4.75. The first kappa shape index (κ1) is 8.90. The van der Waals surface area contributed by atoms with Gasteiger partial charge in [-0.25, -0.2) is 0 Å². The Hall–Kier alpha value is -0.100. The van der Waals surface area contributed by atoms with Crippen molar-refractivity contribution in [2.24, 2.45) is 0 Å². The smallest absolute Gasteiger partial charge is 0.328 e. The fraction of sp³-hybridized carbons (Fsp3) is 0.333. The van der Waals surface area contributed by atoms with Gasteiger partial charge in [-0.15, -0.1) is 0 Å². The molecule has 0 heterocycles. The summed E-state index contributed by atoms with van der Waals surface area (Å²) in [6.45, 7) is 0. The van der Waals surface area contributed by atoms with Crippen LogP contribution in [-0.2, 0) is 17.2 Å². The molecule has 4 nitrogen and oxygen atoms in total. The van der Waals surface area contributed by atoms with Crippen LogP contribution in [0.2, 0.25) is 0 Å². The van der Waals surface area contributed by atoms with Crippen molar-refractivity contribution in [3.05, 3.63) is 0 Å². The van der Waals surface area contributed by atoms with Crippen molar-refractivity contribution in [1.82, 2.24) is 0 Å². The van der Waals surface area contributed by atoms with Crippen LogP contribution in [0.25, 0.3) is 0 Å². The van der Waals surface area contributed by atoms with Crippen molar-refractivity contribution >= 4 is 44.5 Å². The van der Waals surface area contributed by atoms with Gasteiger partial charge in [0.2, 0.25) is 0 Å². The number of carbonyl (C=O) groups excluding carboxylic acids is 2. The third-order valence-corrected chi connectivity index (χ3v) is 1.18. The molecule has 0 aromatic rings. The summed E-state index contributed by atoms with van der Waals surface area (Å²) in [6, 6.07) is 0. The Balaban J connectivity index is 3.47. The molecule has 0 aliphatic heterocycles. The molecule has 0 atom stereocenters. The van der Waals surface area contributed by atoms with Crippen LogP contribution in [0.4, 0.5) is 0 Å². The maximum absolute atomic E-state index is 10.2. The lowest BCUT2D eigenvalue weighted by atomic mass is 10.5. The molecule has 0 bridgehead atoms. The molecule has 0 unspecified atom stereocenters. The summed E-state index contributed by atoms with van der Waals surface area (Å²) in [5.74, 6) is -1.39. The van der Waals surface area contributed by atoms with Crippen molar-refractivity contribution < 1.29 is 17.2 Å². The summed E-state index contributed by atoms with van der Waals surface area (Å²) >= 11 is 4.80. The highest BCUT2D eigenvalue weighted by atomic mass is 79.9. The van der Waals surface area contributed by atoms with E-state index in [1.54, 1.807) is 0 Å². The minimum atomic E-state index is -0.695. The molecule has 0 N–H and O–H groups in total. The van der Waals surface area contributed by atoms with Gasteiger partial charge in [0.05, 0.1) is 0 Å². The molecule has 0 amide bonds. The van der Waals surface area contributed by atoms with E-state index < -0.39 is 18.4 Å². The zero-order valence-corrected chi connectivity index (χ0v) is 7.27. The maximum Gasteiger partial charge on any atom is 0.328 e. The first-order valence-electron chi connectivity index (χ1n) is 1.83. The summed E-state index contributed by atoms with van der Waals surface area (Å²) in [4.78, 5) is 20.4. The van der Waals surface area contributed by atoms with E-state index in [9.17, 15) is 9.59 Å². The average Bonchev–Trinajstić information content (AvgIpc) is 1.87. The van der Waals surface area contributed by atoms with Crippen molar-refractivity contribution in [3.63, 3.8) is 0 Å². The fourth-order valence-electron chi connectivity index (χ4n) is 0.172. The molecule has 0 aliphatic carbocycles. The number of carbonyl (C=O) groups is 2. The molecule has 52 valence electrons. The summed E-state index contributed by atoms with van der Waals surface area (Å²) in [5.41, 5.74) is 0. The van der Waals surface area contributed by atoms with E-state index >= 15 is 0 Å². The van der Waals surface area contributed by atoms with Gasteiger partial charge >= 0.3 is 11.9 Å². The van der Waals surface area contributed by atoms with Crippen LogP contribution in [-0.4, -0.2) is 11.9 Å². The predicted molar refractivity (Wildman–Crippen MR) is 34.7 cm³/mol. The third-order valence-electron chi connectivity index (χ3n) is 0.461. The standard InChI is InChI=1S/C3H2Br2O4/c4-8-2(6)1-3(7)9-5/h1H2. The number of rotatable bonds is 2. The summed E-state index contributed by atoms with van der Waals surface area (Å²) in [6.07, 6.45) is -0.406. The first-order chi connectivity index (χ1) is 4.20. The molecular weight excluding hydrogens is 260 g/mol. The predicted octanol–water partition coefficient (Wildman–Crippen LogP) is 1.08. The SMILES string of the molecule is O=C(CC(=O)OBr)OBr. The number of hydrogen-bond donors (Lipinski definition) is 0. The Morgan fingerprint density at radius 3 is 1.67 bits per heavy atom. The minimum Gasteiger partial charge on any atom is -0.383 e. The van der Waals surface area contributed by atoms with Gasteiger partial charge in [-0.05, 0) is 0 Å². The van der Waals surface area contributed by atoms with Crippen molar-refractivity contribution in [1.29, 1.82) is 0 Å². The Bertz CT molecular complexity index is 109. The lowest BCUT2D eigenvalue weighted by molar-refractivity contribution is -0.141. The molecular formula is C3H2Br2O4. The van der Waals surface area contributed by atoms with Crippen LogP contribution in [0.3, 0.4) is 0 Å². The van der Waals surface area contributed by atoms with E-state index in [1.807, 2.05) is 0 Å². The molecule has 0 fully saturated rings. The van der Waals surface area contributed by atoms with Gasteiger partial charge in [-0.2, -0.15) is 0 Å². The summed E-state index contributed by atoms with van der Waals surface area (Å²) < 4.78 is 7.95. The molecule has 0 rings (SSSR count). The second-order valence-electron chi connectivity index (χ2n) is 1.08. The van der Waals surface area contributed by atoms with Gasteiger partial charge in [0.15, 0.2) is 32.5 Å². The first-order valence-corrected chi connectivity index (χ1v) is 3.13. The van der Waals surface area contributed by atoms with Crippen molar-refractivity contribution in [2.75, 3.05) is 0 Å². The van der Waals surface area contributed by atoms with Crippen molar-refractivity contribution in [2.45, 2.75) is 6.42 Å². The minimum absolute atomic E-state index is 0.406. The van der Waals surface area contributed by atoms with Crippen LogP contribution in [0.15, 0.2) is 0 Å². The van der Waals surface area contributed by atoms with Crippen LogP contribution < -0.4 is 0 Å². The quantitative estimate of drug-likeness (QED) is 0.698. The molecule has 0 saturated carbocycles. The zero-order chi connectivity index (χ0) is 7.28. The number of hydrogen-bond acceptors (Lipinski definition) is 4. The molecule has 0 radical (unpaired) electrons. The molecule has 0 aliphatic rings. The highest BCUT2D eigenvalue weighted by Gasteiger charge is 2.09. The number of halogens is 2. The average molecular weight is 262 g/mol. The van der Waals surface area contributed by atoms with Crippen LogP contribution >= 0.6 is 32.5 Å². The van der Waals surface area contributed by atoms with E-state index in [0.29, 0.717) is 0 Å². The van der Waals surface area contributed by atoms with Gasteiger partial charge in [0, 0.05) is 0 Å². The molecule has 0 aromatic carbocycles. The third kappa shape index (κ3) is 4.41. The summed E-state index contributed by atoms with van der Waals surface area (Å²) in [7, 11) is 0. The zero-order valence-electron chi connectivity index (χ0n) is 4.10. The fourth-order valence-corrected chi connectivity index (χ4v) is 0.401. The summed E-state index contributed by atoms with van der Waals surface area (Å²) in [5, 5.41) is 0. The van der Waals surface area contributed by atoms with Gasteiger partial charge in [-0.3, -0.25) is 9.59 Å². The van der Waals surface area contributed by atoms with Gasteiger partial charge in [0.25, 0.3) is 0 Å². The largest absolute Gasteiger partial charge is 0.383 e. The van der Waals surface area contributed by atoms with Gasteiger partial charge in [-0.1, -0.05) is 0 Å². The van der Waals surface area contributed by atoms with Gasteiger partial charge in [0.1, 0.15) is 6.42 Å². The normalized spacial score (nSPS) is 8.22. The molecule has 9 heavy (non-hydrogen) atoms. The van der Waals surface area contributed by atoms with E-state index in [0.717, 1.165) is 0 Å². The Kier molecular flexibility index (Phi) is 4.70. The van der Waals surface area contributed by atoms with E-state index in [-0.39, 0.29) is 0 Å². The van der Waals surface area contributed by atoms with E-state index in [4.69, 9.17) is 0 Å².